The summed E-state index contributed by atoms with van der Waals surface area (Å²) in [5.41, 5.74) is 10.5. The van der Waals surface area contributed by atoms with Gasteiger partial charge >= 0.3 is 0 Å². The van der Waals surface area contributed by atoms with Crippen molar-refractivity contribution < 1.29 is 4.79 Å². The van der Waals surface area contributed by atoms with E-state index in [0.717, 1.165) is 46.3 Å². The Balaban J connectivity index is 1.23. The van der Waals surface area contributed by atoms with Crippen LogP contribution < -0.4 is 5.73 Å². The molecular formula is C24H22ClN5OS. The molecule has 8 heteroatoms. The number of rotatable bonds is 4. The van der Waals surface area contributed by atoms with Gasteiger partial charge in [0.15, 0.2) is 5.17 Å². The fourth-order valence-electron chi connectivity index (χ4n) is 4.32. The first-order valence-electron chi connectivity index (χ1n) is 10.8. The van der Waals surface area contributed by atoms with Gasteiger partial charge in [-0.3, -0.25) is 9.48 Å². The van der Waals surface area contributed by atoms with Crippen LogP contribution in [0, 0.1) is 0 Å². The summed E-state index contributed by atoms with van der Waals surface area (Å²) in [6.07, 6.45) is 6.26. The third-order valence-corrected chi connectivity index (χ3v) is 7.48. The van der Waals surface area contributed by atoms with Crippen LogP contribution in [0.25, 0.3) is 17.0 Å². The van der Waals surface area contributed by atoms with Gasteiger partial charge in [0, 0.05) is 29.5 Å². The quantitative estimate of drug-likeness (QED) is 0.586. The van der Waals surface area contributed by atoms with E-state index in [2.05, 4.69) is 34.4 Å². The minimum atomic E-state index is -0.184. The Kier molecular flexibility index (Phi) is 4.86. The number of halogens is 1. The van der Waals surface area contributed by atoms with Gasteiger partial charge in [0.1, 0.15) is 0 Å². The highest BCUT2D eigenvalue weighted by Gasteiger charge is 2.32. The fraction of sp³-hybridized carbons (Fsp3) is 0.292. The highest BCUT2D eigenvalue weighted by atomic mass is 35.5. The molecule has 1 aliphatic carbocycles. The van der Waals surface area contributed by atoms with E-state index in [9.17, 15) is 4.79 Å². The zero-order valence-electron chi connectivity index (χ0n) is 17.4. The van der Waals surface area contributed by atoms with Crippen LogP contribution in [0.5, 0.6) is 0 Å². The molecule has 0 bridgehead atoms. The van der Waals surface area contributed by atoms with E-state index in [-0.39, 0.29) is 11.9 Å². The largest absolute Gasteiger partial charge is 0.348 e. The van der Waals surface area contributed by atoms with Gasteiger partial charge < -0.3 is 10.6 Å². The van der Waals surface area contributed by atoms with E-state index in [1.54, 1.807) is 0 Å². The third kappa shape index (κ3) is 3.74. The zero-order valence-corrected chi connectivity index (χ0v) is 18.9. The summed E-state index contributed by atoms with van der Waals surface area (Å²) >= 11 is 7.66. The lowest BCUT2D eigenvalue weighted by molar-refractivity contribution is -0.113. The van der Waals surface area contributed by atoms with Gasteiger partial charge in [-0.2, -0.15) is 10.1 Å². The van der Waals surface area contributed by atoms with Crippen molar-refractivity contribution in [2.24, 2.45) is 10.7 Å². The number of likely N-dealkylation sites (tertiary alicyclic amines) is 1. The number of aliphatic imine (C=N–C) groups is 1. The molecule has 32 heavy (non-hydrogen) atoms. The number of aromatic nitrogens is 2. The molecule has 6 nitrogen and oxygen atoms in total. The van der Waals surface area contributed by atoms with Crippen LogP contribution in [-0.2, 0) is 11.3 Å². The van der Waals surface area contributed by atoms with Crippen molar-refractivity contribution in [1.29, 1.82) is 0 Å². The maximum Gasteiger partial charge on any atom is 0.286 e. The Morgan fingerprint density at radius 1 is 1.19 bits per heavy atom. The normalized spacial score (nSPS) is 20.3. The SMILES string of the molecule is NC1CN(C2=NC(=O)/C(=C/c3ccc4c(cnn4Cc4ccc(Cl)cc4C4CC4)c3)S2)C1. The van der Waals surface area contributed by atoms with Crippen LogP contribution in [0.4, 0.5) is 0 Å². The Bertz CT molecular complexity index is 1300. The molecule has 6 rings (SSSR count). The van der Waals surface area contributed by atoms with E-state index >= 15 is 0 Å². The summed E-state index contributed by atoms with van der Waals surface area (Å²) in [5.74, 6) is 0.445. The summed E-state index contributed by atoms with van der Waals surface area (Å²) in [6, 6.07) is 12.5. The number of carbonyl (C=O) groups excluding carboxylic acids is 1. The van der Waals surface area contributed by atoms with Gasteiger partial charge in [-0.05, 0) is 77.6 Å². The van der Waals surface area contributed by atoms with Crippen molar-refractivity contribution in [1.82, 2.24) is 14.7 Å². The molecule has 2 fully saturated rings. The number of amidine groups is 1. The summed E-state index contributed by atoms with van der Waals surface area (Å²) in [5, 5.41) is 7.23. The van der Waals surface area contributed by atoms with Crippen molar-refractivity contribution >= 4 is 51.4 Å². The Hall–Kier alpha value is -2.61. The van der Waals surface area contributed by atoms with Crippen molar-refractivity contribution in [2.45, 2.75) is 31.3 Å². The lowest BCUT2D eigenvalue weighted by Crippen LogP contribution is -2.56. The molecule has 3 aliphatic rings. The molecule has 1 aromatic heterocycles. The van der Waals surface area contributed by atoms with E-state index in [4.69, 9.17) is 17.3 Å². The third-order valence-electron chi connectivity index (χ3n) is 6.20. The van der Waals surface area contributed by atoms with Gasteiger partial charge in [-0.15, -0.1) is 0 Å². The lowest BCUT2D eigenvalue weighted by Gasteiger charge is -2.37. The molecule has 2 N–H and O–H groups in total. The van der Waals surface area contributed by atoms with Gasteiger partial charge in [0.2, 0.25) is 0 Å². The standard InChI is InChI=1S/C24H22ClN5OS/c25-18-5-4-16(20(9-18)15-2-3-15)11-30-21-6-1-14(7-17(21)10-27-30)8-22-23(31)28-24(32-22)29-12-19(26)13-29/h1,4-10,15,19H,2-3,11-13,26H2/b22-8-. The fourth-order valence-corrected chi connectivity index (χ4v) is 5.43. The summed E-state index contributed by atoms with van der Waals surface area (Å²) < 4.78 is 2.03. The van der Waals surface area contributed by atoms with E-state index in [1.807, 2.05) is 34.0 Å². The second-order valence-corrected chi connectivity index (χ2v) is 10.2. The van der Waals surface area contributed by atoms with E-state index < -0.39 is 0 Å². The average molecular weight is 464 g/mol. The summed E-state index contributed by atoms with van der Waals surface area (Å²) in [7, 11) is 0. The monoisotopic (exact) mass is 463 g/mol. The summed E-state index contributed by atoms with van der Waals surface area (Å²) in [6.45, 7) is 2.23. The number of hydrogen-bond acceptors (Lipinski definition) is 5. The van der Waals surface area contributed by atoms with Crippen molar-refractivity contribution in [3.8, 4) is 0 Å². The molecule has 0 spiro atoms. The maximum atomic E-state index is 12.3. The van der Waals surface area contributed by atoms with Crippen LogP contribution in [0.15, 0.2) is 52.5 Å². The second kappa shape index (κ2) is 7.76. The predicted octanol–water partition coefficient (Wildman–Crippen LogP) is 4.23. The first-order chi connectivity index (χ1) is 15.5. The van der Waals surface area contributed by atoms with E-state index in [0.29, 0.717) is 10.8 Å². The molecule has 3 heterocycles. The number of nitrogens with zero attached hydrogens (tertiary/aromatic N) is 4. The maximum absolute atomic E-state index is 12.3. The number of carbonyl (C=O) groups is 1. The number of amides is 1. The molecule has 2 aliphatic heterocycles. The molecule has 162 valence electrons. The Morgan fingerprint density at radius 3 is 2.81 bits per heavy atom. The molecule has 1 saturated heterocycles. The van der Waals surface area contributed by atoms with Crippen LogP contribution >= 0.6 is 23.4 Å². The molecular weight excluding hydrogens is 442 g/mol. The number of thioether (sulfide) groups is 1. The number of hydrogen-bond donors (Lipinski definition) is 1. The molecule has 2 aromatic carbocycles. The summed E-state index contributed by atoms with van der Waals surface area (Å²) in [4.78, 5) is 19.2. The zero-order chi connectivity index (χ0) is 21.8. The van der Waals surface area contributed by atoms with Crippen LogP contribution in [-0.4, -0.2) is 44.9 Å². The minimum Gasteiger partial charge on any atom is -0.348 e. The van der Waals surface area contributed by atoms with Gasteiger partial charge in [0.25, 0.3) is 5.91 Å². The Morgan fingerprint density at radius 2 is 2.03 bits per heavy atom. The second-order valence-electron chi connectivity index (χ2n) is 8.71. The van der Waals surface area contributed by atoms with Gasteiger partial charge in [0.05, 0.1) is 23.2 Å². The predicted molar refractivity (Wildman–Crippen MR) is 130 cm³/mol. The smallest absolute Gasteiger partial charge is 0.286 e. The van der Waals surface area contributed by atoms with Crippen LogP contribution in [0.3, 0.4) is 0 Å². The highest BCUT2D eigenvalue weighted by Crippen LogP contribution is 2.42. The molecule has 0 atom stereocenters. The topological polar surface area (TPSA) is 76.5 Å². The van der Waals surface area contributed by atoms with Crippen molar-refractivity contribution in [3.05, 3.63) is 69.2 Å². The van der Waals surface area contributed by atoms with Crippen molar-refractivity contribution in [3.63, 3.8) is 0 Å². The number of nitrogens with two attached hydrogens (primary N) is 1. The van der Waals surface area contributed by atoms with Crippen LogP contribution in [0.2, 0.25) is 5.02 Å². The van der Waals surface area contributed by atoms with Crippen LogP contribution in [0.1, 0.15) is 35.4 Å². The number of fused-ring (bicyclic) bond motifs is 1. The molecule has 0 unspecified atom stereocenters. The van der Waals surface area contributed by atoms with Crippen molar-refractivity contribution in [2.75, 3.05) is 13.1 Å². The highest BCUT2D eigenvalue weighted by molar-refractivity contribution is 8.18. The molecule has 3 aromatic rings. The molecule has 1 saturated carbocycles. The molecule has 0 radical (unpaired) electrons. The molecule has 1 amide bonds. The van der Waals surface area contributed by atoms with Gasteiger partial charge in [-0.1, -0.05) is 23.7 Å². The Labute approximate surface area is 195 Å². The number of benzene rings is 2. The van der Waals surface area contributed by atoms with E-state index in [1.165, 1.54) is 35.7 Å². The first-order valence-corrected chi connectivity index (χ1v) is 12.0. The first kappa shape index (κ1) is 20.0. The minimum absolute atomic E-state index is 0.175. The average Bonchev–Trinajstić information content (AvgIpc) is 3.44. The van der Waals surface area contributed by atoms with Gasteiger partial charge in [-0.25, -0.2) is 0 Å². The lowest BCUT2D eigenvalue weighted by atomic mass is 10.0.